The van der Waals surface area contributed by atoms with E-state index >= 15 is 0 Å². The van der Waals surface area contributed by atoms with Gasteiger partial charge in [0.1, 0.15) is 5.75 Å². The fraction of sp³-hybridized carbons (Fsp3) is 0.0769. The van der Waals surface area contributed by atoms with Gasteiger partial charge in [-0.05, 0) is 31.2 Å². The van der Waals surface area contributed by atoms with Crippen LogP contribution in [0.5, 0.6) is 17.2 Å². The Balaban J connectivity index is 1.81. The molecule has 4 aromatic rings. The Bertz CT molecular complexity index is 1250. The molecule has 0 saturated carbocycles. The monoisotopic (exact) mass is 412 g/mol. The van der Waals surface area contributed by atoms with Crippen LogP contribution in [0.3, 0.4) is 0 Å². The zero-order valence-corrected chi connectivity index (χ0v) is 17.1. The summed E-state index contributed by atoms with van der Waals surface area (Å²) in [5, 5.41) is 1.24. The molecule has 0 unspecified atom stereocenters. The molecule has 0 aliphatic rings. The maximum absolute atomic E-state index is 12.7. The van der Waals surface area contributed by atoms with Gasteiger partial charge in [0, 0.05) is 16.3 Å². The molecule has 5 nitrogen and oxygen atoms in total. The number of ether oxygens (including phenoxy) is 3. The number of carbonyl (C=O) groups is 2. The zero-order chi connectivity index (χ0) is 21.8. The Kier molecular flexibility index (Phi) is 5.67. The third-order valence-corrected chi connectivity index (χ3v) is 4.92. The lowest BCUT2D eigenvalue weighted by molar-refractivity contribution is 0.0718. The molecule has 4 rings (SSSR count). The fourth-order valence-electron chi connectivity index (χ4n) is 3.41. The average molecular weight is 412 g/mol. The SMILES string of the molecule is COc1c(C)c(OC(=O)c2ccccc2)c2ccccc2c1OC(=O)c1ccccc1. The smallest absolute Gasteiger partial charge is 0.343 e. The van der Waals surface area contributed by atoms with Crippen LogP contribution >= 0.6 is 0 Å². The molecule has 154 valence electrons. The van der Waals surface area contributed by atoms with Crippen molar-refractivity contribution in [3.8, 4) is 17.2 Å². The number of hydrogen-bond donors (Lipinski definition) is 0. The summed E-state index contributed by atoms with van der Waals surface area (Å²) in [6.45, 7) is 1.76. The maximum Gasteiger partial charge on any atom is 0.343 e. The van der Waals surface area contributed by atoms with Crippen LogP contribution in [0.2, 0.25) is 0 Å². The van der Waals surface area contributed by atoms with Gasteiger partial charge in [0.25, 0.3) is 0 Å². The highest BCUT2D eigenvalue weighted by atomic mass is 16.6. The van der Waals surface area contributed by atoms with Gasteiger partial charge in [0.2, 0.25) is 0 Å². The molecule has 31 heavy (non-hydrogen) atoms. The maximum atomic E-state index is 12.7. The number of rotatable bonds is 5. The quantitative estimate of drug-likeness (QED) is 0.316. The molecule has 0 aliphatic carbocycles. The van der Waals surface area contributed by atoms with Crippen LogP contribution in [0.1, 0.15) is 26.3 Å². The summed E-state index contributed by atoms with van der Waals surface area (Å²) in [5.74, 6) is -0.00830. The van der Waals surface area contributed by atoms with Crippen LogP contribution in [0.4, 0.5) is 0 Å². The standard InChI is InChI=1S/C26H20O5/c1-17-22(30-25(27)18-11-5-3-6-12-18)20-15-9-10-16-21(20)24(23(17)29-2)31-26(28)19-13-7-4-8-14-19/h3-16H,1-2H3. The molecular formula is C26H20O5. The minimum atomic E-state index is -0.502. The summed E-state index contributed by atoms with van der Waals surface area (Å²) in [6, 6.07) is 24.7. The summed E-state index contributed by atoms with van der Waals surface area (Å²) >= 11 is 0. The van der Waals surface area contributed by atoms with Gasteiger partial charge >= 0.3 is 11.9 Å². The van der Waals surface area contributed by atoms with Crippen molar-refractivity contribution >= 4 is 22.7 Å². The summed E-state index contributed by atoms with van der Waals surface area (Å²) in [4.78, 5) is 25.4. The van der Waals surface area contributed by atoms with E-state index in [1.54, 1.807) is 61.5 Å². The van der Waals surface area contributed by atoms with Crippen molar-refractivity contribution in [3.05, 3.63) is 102 Å². The van der Waals surface area contributed by atoms with Crippen molar-refractivity contribution < 1.29 is 23.8 Å². The second kappa shape index (κ2) is 8.71. The molecule has 5 heteroatoms. The van der Waals surface area contributed by atoms with E-state index in [9.17, 15) is 9.59 Å². The van der Waals surface area contributed by atoms with Crippen molar-refractivity contribution in [2.75, 3.05) is 7.11 Å². The van der Waals surface area contributed by atoms with Crippen LogP contribution in [0.25, 0.3) is 10.8 Å². The number of hydrogen-bond acceptors (Lipinski definition) is 5. The van der Waals surface area contributed by atoms with Crippen molar-refractivity contribution in [3.63, 3.8) is 0 Å². The van der Waals surface area contributed by atoms with E-state index in [0.717, 1.165) is 0 Å². The van der Waals surface area contributed by atoms with Gasteiger partial charge in [-0.1, -0.05) is 60.7 Å². The molecule has 0 fully saturated rings. The van der Waals surface area contributed by atoms with Gasteiger partial charge in [-0.3, -0.25) is 0 Å². The first-order valence-electron chi connectivity index (χ1n) is 9.74. The Morgan fingerprint density at radius 1 is 0.581 bits per heavy atom. The van der Waals surface area contributed by atoms with Crippen LogP contribution in [-0.4, -0.2) is 19.0 Å². The van der Waals surface area contributed by atoms with Crippen molar-refractivity contribution in [2.45, 2.75) is 6.92 Å². The van der Waals surface area contributed by atoms with Crippen molar-refractivity contribution in [1.82, 2.24) is 0 Å². The highest BCUT2D eigenvalue weighted by Crippen LogP contribution is 2.45. The van der Waals surface area contributed by atoms with Gasteiger partial charge in [-0.25, -0.2) is 9.59 Å². The van der Waals surface area contributed by atoms with Crippen LogP contribution in [0.15, 0.2) is 84.9 Å². The van der Waals surface area contributed by atoms with E-state index in [1.165, 1.54) is 7.11 Å². The highest BCUT2D eigenvalue weighted by molar-refractivity contribution is 6.02. The van der Waals surface area contributed by atoms with Crippen molar-refractivity contribution in [1.29, 1.82) is 0 Å². The number of carbonyl (C=O) groups excluding carboxylic acids is 2. The number of benzene rings is 4. The Morgan fingerprint density at radius 3 is 1.48 bits per heavy atom. The van der Waals surface area contributed by atoms with Gasteiger partial charge in [-0.2, -0.15) is 0 Å². The van der Waals surface area contributed by atoms with Gasteiger partial charge < -0.3 is 14.2 Å². The summed E-state index contributed by atoms with van der Waals surface area (Å²) in [5.41, 5.74) is 1.41. The average Bonchev–Trinajstić information content (AvgIpc) is 2.82. The second-order valence-electron chi connectivity index (χ2n) is 6.87. The molecule has 0 radical (unpaired) electrons. The van der Waals surface area contributed by atoms with E-state index in [4.69, 9.17) is 14.2 Å². The minimum absolute atomic E-state index is 0.281. The number of methoxy groups -OCH3 is 1. The summed E-state index contributed by atoms with van der Waals surface area (Å²) in [7, 11) is 1.49. The largest absolute Gasteiger partial charge is 0.492 e. The first-order valence-corrected chi connectivity index (χ1v) is 9.74. The molecule has 0 aliphatic heterocycles. The molecule has 0 bridgehead atoms. The Labute approximate surface area is 179 Å². The molecule has 4 aromatic carbocycles. The van der Waals surface area contributed by atoms with E-state index in [2.05, 4.69) is 0 Å². The zero-order valence-electron chi connectivity index (χ0n) is 17.1. The fourth-order valence-corrected chi connectivity index (χ4v) is 3.41. The molecule has 0 aromatic heterocycles. The predicted octanol–water partition coefficient (Wildman–Crippen LogP) is 5.60. The highest BCUT2D eigenvalue weighted by Gasteiger charge is 2.24. The minimum Gasteiger partial charge on any atom is -0.492 e. The van der Waals surface area contributed by atoms with E-state index < -0.39 is 11.9 Å². The van der Waals surface area contributed by atoms with Gasteiger partial charge in [0.15, 0.2) is 11.5 Å². The second-order valence-corrected chi connectivity index (χ2v) is 6.87. The van der Waals surface area contributed by atoms with E-state index in [-0.39, 0.29) is 5.75 Å². The van der Waals surface area contributed by atoms with Gasteiger partial charge in [0.05, 0.1) is 18.2 Å². The van der Waals surface area contributed by atoms with Crippen LogP contribution in [0, 0.1) is 6.92 Å². The third kappa shape index (κ3) is 3.98. The van der Waals surface area contributed by atoms with Crippen molar-refractivity contribution in [2.24, 2.45) is 0 Å². The lowest BCUT2D eigenvalue weighted by Crippen LogP contribution is -2.12. The normalized spacial score (nSPS) is 10.5. The molecular weight excluding hydrogens is 392 g/mol. The van der Waals surface area contributed by atoms with Crippen LogP contribution < -0.4 is 14.2 Å². The molecule has 0 N–H and O–H groups in total. The first-order chi connectivity index (χ1) is 15.1. The molecule has 0 atom stereocenters. The number of esters is 2. The molecule has 0 amide bonds. The topological polar surface area (TPSA) is 61.8 Å². The van der Waals surface area contributed by atoms with E-state index in [1.807, 2.05) is 30.3 Å². The van der Waals surface area contributed by atoms with Crippen LogP contribution in [-0.2, 0) is 0 Å². The molecule has 0 spiro atoms. The third-order valence-electron chi connectivity index (χ3n) is 4.92. The molecule has 0 heterocycles. The first kappa shape index (κ1) is 20.2. The lowest BCUT2D eigenvalue weighted by Gasteiger charge is -2.18. The summed E-state index contributed by atoms with van der Waals surface area (Å²) < 4.78 is 17.1. The molecule has 0 saturated heterocycles. The van der Waals surface area contributed by atoms with Gasteiger partial charge in [-0.15, -0.1) is 0 Å². The Morgan fingerprint density at radius 2 is 1.00 bits per heavy atom. The Hall–Kier alpha value is -4.12. The van der Waals surface area contributed by atoms with E-state index in [0.29, 0.717) is 39.0 Å². The lowest BCUT2D eigenvalue weighted by atomic mass is 10.0. The number of fused-ring (bicyclic) bond motifs is 1. The predicted molar refractivity (Wildman–Crippen MR) is 118 cm³/mol. The summed E-state index contributed by atoms with van der Waals surface area (Å²) in [6.07, 6.45) is 0.